The van der Waals surface area contributed by atoms with Crippen LogP contribution in [0.1, 0.15) is 44.4 Å². The Balaban J connectivity index is 0.00000544. The van der Waals surface area contributed by atoms with Crippen LogP contribution in [0, 0.1) is 6.92 Å². The number of carbonyl (C=O) groups excluding carboxylic acids is 1. The number of nitrogens with zero attached hydrogens (tertiary/aromatic N) is 1. The Labute approximate surface area is 214 Å². The third kappa shape index (κ3) is 10.8. The van der Waals surface area contributed by atoms with Crippen LogP contribution in [0.5, 0.6) is 11.5 Å². The predicted octanol–water partition coefficient (Wildman–Crippen LogP) is 4.17. The van der Waals surface area contributed by atoms with Gasteiger partial charge in [-0.3, -0.25) is 9.79 Å². The van der Waals surface area contributed by atoms with Crippen LogP contribution in [0.2, 0.25) is 0 Å². The molecule has 0 unspecified atom stereocenters. The first-order valence-corrected chi connectivity index (χ1v) is 10.9. The quantitative estimate of drug-likeness (QED) is 0.240. The van der Waals surface area contributed by atoms with Crippen LogP contribution in [-0.2, 0) is 17.9 Å². The Hall–Kier alpha value is -2.49. The van der Waals surface area contributed by atoms with Crippen molar-refractivity contribution in [1.82, 2.24) is 16.0 Å². The van der Waals surface area contributed by atoms with E-state index in [0.717, 1.165) is 22.4 Å². The van der Waals surface area contributed by atoms with Crippen LogP contribution in [0.4, 0.5) is 0 Å². The van der Waals surface area contributed by atoms with Crippen molar-refractivity contribution in [2.24, 2.45) is 4.99 Å². The minimum atomic E-state index is -0.271. The number of guanidine groups is 1. The number of hydrogen-bond acceptors (Lipinski definition) is 4. The highest BCUT2D eigenvalue weighted by Crippen LogP contribution is 2.24. The molecule has 0 aliphatic rings. The molecular weight excluding hydrogens is 531 g/mol. The summed E-state index contributed by atoms with van der Waals surface area (Å²) in [6.45, 7) is 11.8. The normalized spacial score (nSPS) is 11.3. The Morgan fingerprint density at radius 1 is 1.03 bits per heavy atom. The average Bonchev–Trinajstić information content (AvgIpc) is 2.73. The van der Waals surface area contributed by atoms with Crippen LogP contribution in [0.15, 0.2) is 47.5 Å². The number of hydrogen-bond donors (Lipinski definition) is 3. The fraction of sp³-hybridized carbons (Fsp3) is 0.440. The third-order valence-electron chi connectivity index (χ3n) is 4.41. The summed E-state index contributed by atoms with van der Waals surface area (Å²) in [5, 5.41) is 9.37. The standard InChI is InChI=1S/C25H36N4O3.HI/c1-7-27-23(30)17-31-21-10-8-9-19(14-21)15-28-24(26-6)29-16-20-12-11-18(2)13-22(20)32-25(3,4)5;/h8-14H,7,15-17H2,1-6H3,(H,27,30)(H2,26,28,29);1H. The van der Waals surface area contributed by atoms with Crippen LogP contribution >= 0.6 is 24.0 Å². The Bertz CT molecular complexity index is 926. The summed E-state index contributed by atoms with van der Waals surface area (Å²) in [6, 6.07) is 13.9. The number of benzene rings is 2. The van der Waals surface area contributed by atoms with E-state index in [1.54, 1.807) is 7.05 Å². The molecule has 0 aliphatic heterocycles. The molecule has 0 radical (unpaired) electrons. The first-order chi connectivity index (χ1) is 15.2. The molecule has 0 saturated carbocycles. The first-order valence-electron chi connectivity index (χ1n) is 10.9. The average molecular weight is 569 g/mol. The van der Waals surface area contributed by atoms with Crippen molar-refractivity contribution in [2.75, 3.05) is 20.2 Å². The summed E-state index contributed by atoms with van der Waals surface area (Å²) in [6.07, 6.45) is 0. The lowest BCUT2D eigenvalue weighted by Crippen LogP contribution is -2.36. The van der Waals surface area contributed by atoms with Gasteiger partial charge in [0, 0.05) is 32.2 Å². The molecule has 0 bridgehead atoms. The van der Waals surface area contributed by atoms with Crippen molar-refractivity contribution in [2.45, 2.75) is 53.3 Å². The lowest BCUT2D eigenvalue weighted by Gasteiger charge is -2.24. The number of likely N-dealkylation sites (N-methyl/N-ethyl adjacent to an activating group) is 1. The van der Waals surface area contributed by atoms with Gasteiger partial charge in [-0.25, -0.2) is 0 Å². The van der Waals surface area contributed by atoms with Gasteiger partial charge in [0.05, 0.1) is 0 Å². The number of amides is 1. The largest absolute Gasteiger partial charge is 0.488 e. The molecule has 0 saturated heterocycles. The molecule has 0 fully saturated rings. The molecule has 0 aliphatic carbocycles. The lowest BCUT2D eigenvalue weighted by atomic mass is 10.1. The van der Waals surface area contributed by atoms with Gasteiger partial charge in [-0.1, -0.05) is 24.3 Å². The van der Waals surface area contributed by atoms with Crippen LogP contribution in [0.25, 0.3) is 0 Å². The van der Waals surface area contributed by atoms with Gasteiger partial charge in [0.15, 0.2) is 12.6 Å². The van der Waals surface area contributed by atoms with E-state index in [9.17, 15) is 4.79 Å². The Kier molecular flexibility index (Phi) is 12.0. The van der Waals surface area contributed by atoms with E-state index in [2.05, 4.69) is 46.1 Å². The number of halogens is 1. The number of carbonyl (C=O) groups is 1. The number of rotatable bonds is 9. The molecule has 1 amide bonds. The number of aliphatic imine (C=N–C) groups is 1. The summed E-state index contributed by atoms with van der Waals surface area (Å²) >= 11 is 0. The van der Waals surface area contributed by atoms with Gasteiger partial charge in [0.1, 0.15) is 17.1 Å². The molecule has 0 atom stereocenters. The molecule has 0 spiro atoms. The van der Waals surface area contributed by atoms with Gasteiger partial charge in [-0.2, -0.15) is 0 Å². The maximum atomic E-state index is 11.6. The van der Waals surface area contributed by atoms with E-state index in [1.807, 2.05) is 52.0 Å². The monoisotopic (exact) mass is 568 g/mol. The second-order valence-corrected chi connectivity index (χ2v) is 8.49. The van der Waals surface area contributed by atoms with Crippen molar-refractivity contribution in [3.8, 4) is 11.5 Å². The number of nitrogens with one attached hydrogen (secondary N) is 3. The summed E-state index contributed by atoms with van der Waals surface area (Å²) in [7, 11) is 1.74. The summed E-state index contributed by atoms with van der Waals surface area (Å²) in [4.78, 5) is 15.9. The molecule has 2 aromatic carbocycles. The Morgan fingerprint density at radius 2 is 1.76 bits per heavy atom. The molecule has 8 heteroatoms. The molecule has 2 rings (SSSR count). The van der Waals surface area contributed by atoms with Gasteiger partial charge in [0.25, 0.3) is 5.91 Å². The highest BCUT2D eigenvalue weighted by atomic mass is 127. The van der Waals surface area contributed by atoms with Crippen LogP contribution < -0.4 is 25.4 Å². The third-order valence-corrected chi connectivity index (χ3v) is 4.41. The second-order valence-electron chi connectivity index (χ2n) is 8.49. The first kappa shape index (κ1) is 28.5. The minimum absolute atomic E-state index is 0. The maximum absolute atomic E-state index is 11.6. The van der Waals surface area contributed by atoms with Gasteiger partial charge in [-0.15, -0.1) is 24.0 Å². The van der Waals surface area contributed by atoms with Gasteiger partial charge in [-0.05, 0) is 63.9 Å². The van der Waals surface area contributed by atoms with Crippen molar-refractivity contribution in [3.63, 3.8) is 0 Å². The van der Waals surface area contributed by atoms with Crippen molar-refractivity contribution in [3.05, 3.63) is 59.2 Å². The summed E-state index contributed by atoms with van der Waals surface area (Å²) in [5.41, 5.74) is 2.97. The Morgan fingerprint density at radius 3 is 2.42 bits per heavy atom. The summed E-state index contributed by atoms with van der Waals surface area (Å²) < 4.78 is 11.7. The van der Waals surface area contributed by atoms with E-state index in [1.165, 1.54) is 0 Å². The lowest BCUT2D eigenvalue weighted by molar-refractivity contribution is -0.122. The van der Waals surface area contributed by atoms with Crippen LogP contribution in [-0.4, -0.2) is 37.7 Å². The fourth-order valence-electron chi connectivity index (χ4n) is 2.96. The van der Waals surface area contributed by atoms with E-state index >= 15 is 0 Å². The fourth-order valence-corrected chi connectivity index (χ4v) is 2.96. The summed E-state index contributed by atoms with van der Waals surface area (Å²) in [5.74, 6) is 2.08. The van der Waals surface area contributed by atoms with Crippen molar-refractivity contribution in [1.29, 1.82) is 0 Å². The van der Waals surface area contributed by atoms with E-state index in [0.29, 0.717) is 31.3 Å². The van der Waals surface area contributed by atoms with Crippen LogP contribution in [0.3, 0.4) is 0 Å². The number of ether oxygens (including phenoxy) is 2. The molecular formula is C25H37IN4O3. The molecule has 3 N–H and O–H groups in total. The highest BCUT2D eigenvalue weighted by molar-refractivity contribution is 14.0. The molecule has 2 aromatic rings. The van der Waals surface area contributed by atoms with E-state index < -0.39 is 0 Å². The molecule has 0 aromatic heterocycles. The van der Waals surface area contributed by atoms with Gasteiger partial charge in [0.2, 0.25) is 0 Å². The molecule has 33 heavy (non-hydrogen) atoms. The molecule has 182 valence electrons. The smallest absolute Gasteiger partial charge is 0.257 e. The van der Waals surface area contributed by atoms with Gasteiger partial charge >= 0.3 is 0 Å². The topological polar surface area (TPSA) is 84.0 Å². The highest BCUT2D eigenvalue weighted by Gasteiger charge is 2.15. The zero-order valence-electron chi connectivity index (χ0n) is 20.5. The molecule has 7 nitrogen and oxygen atoms in total. The SMILES string of the molecule is CCNC(=O)COc1cccc(CNC(=NC)NCc2ccc(C)cc2OC(C)(C)C)c1.I. The minimum Gasteiger partial charge on any atom is -0.488 e. The zero-order valence-corrected chi connectivity index (χ0v) is 22.8. The predicted molar refractivity (Wildman–Crippen MR) is 145 cm³/mol. The molecule has 0 heterocycles. The van der Waals surface area contributed by atoms with E-state index in [4.69, 9.17) is 9.47 Å². The van der Waals surface area contributed by atoms with Crippen molar-refractivity contribution < 1.29 is 14.3 Å². The second kappa shape index (κ2) is 13.9. The maximum Gasteiger partial charge on any atom is 0.257 e. The van der Waals surface area contributed by atoms with E-state index in [-0.39, 0.29) is 42.1 Å². The zero-order chi connectivity index (χ0) is 23.6. The van der Waals surface area contributed by atoms with Gasteiger partial charge < -0.3 is 25.4 Å². The van der Waals surface area contributed by atoms with Crippen molar-refractivity contribution >= 4 is 35.8 Å². The number of aryl methyl sites for hydroxylation is 1.